The predicted octanol–water partition coefficient (Wildman–Crippen LogP) is 4.52. The van der Waals surface area contributed by atoms with E-state index in [4.69, 9.17) is 14.2 Å². The van der Waals surface area contributed by atoms with Crippen LogP contribution in [0.2, 0.25) is 0 Å². The van der Waals surface area contributed by atoms with Crippen LogP contribution in [0.4, 0.5) is 5.13 Å². The summed E-state index contributed by atoms with van der Waals surface area (Å²) in [5, 5.41) is 3.21. The van der Waals surface area contributed by atoms with Gasteiger partial charge in [0, 0.05) is 6.07 Å². The van der Waals surface area contributed by atoms with Gasteiger partial charge in [-0.3, -0.25) is 10.1 Å². The first-order valence-corrected chi connectivity index (χ1v) is 9.98. The van der Waals surface area contributed by atoms with E-state index in [0.717, 1.165) is 17.5 Å². The second-order valence-electron chi connectivity index (χ2n) is 6.21. The first kappa shape index (κ1) is 20.6. The zero-order chi connectivity index (χ0) is 20.8. The quantitative estimate of drug-likeness (QED) is 0.431. The SMILES string of the molecule is CCCCOC(=O)c1ccc2nc(NC(=O)c3ccc(OC)cc3OC)sc2c1. The van der Waals surface area contributed by atoms with Crippen molar-refractivity contribution in [1.29, 1.82) is 0 Å². The van der Waals surface area contributed by atoms with Gasteiger partial charge >= 0.3 is 5.97 Å². The summed E-state index contributed by atoms with van der Waals surface area (Å²) in [7, 11) is 3.04. The van der Waals surface area contributed by atoms with Crippen LogP contribution in [-0.4, -0.2) is 37.7 Å². The summed E-state index contributed by atoms with van der Waals surface area (Å²) in [4.78, 5) is 29.2. The van der Waals surface area contributed by atoms with Crippen LogP contribution in [0.3, 0.4) is 0 Å². The van der Waals surface area contributed by atoms with Gasteiger partial charge in [0.1, 0.15) is 11.5 Å². The highest BCUT2D eigenvalue weighted by molar-refractivity contribution is 7.22. The molecule has 0 aliphatic rings. The number of benzene rings is 2. The van der Waals surface area contributed by atoms with Crippen molar-refractivity contribution in [2.45, 2.75) is 19.8 Å². The molecule has 0 radical (unpaired) electrons. The number of nitrogens with zero attached hydrogens (tertiary/aromatic N) is 1. The number of fused-ring (bicyclic) bond motifs is 1. The highest BCUT2D eigenvalue weighted by Gasteiger charge is 2.16. The van der Waals surface area contributed by atoms with E-state index < -0.39 is 0 Å². The third-order valence-corrected chi connectivity index (χ3v) is 5.16. The second kappa shape index (κ2) is 9.38. The van der Waals surface area contributed by atoms with Crippen molar-refractivity contribution in [3.8, 4) is 11.5 Å². The number of aromatic nitrogens is 1. The Morgan fingerprint density at radius 3 is 2.66 bits per heavy atom. The predicted molar refractivity (Wildman–Crippen MR) is 112 cm³/mol. The number of carbonyl (C=O) groups is 2. The van der Waals surface area contributed by atoms with E-state index in [-0.39, 0.29) is 11.9 Å². The third kappa shape index (κ3) is 4.83. The fourth-order valence-corrected chi connectivity index (χ4v) is 3.55. The fraction of sp³-hybridized carbons (Fsp3) is 0.286. The van der Waals surface area contributed by atoms with Gasteiger partial charge in [-0.15, -0.1) is 0 Å². The maximum atomic E-state index is 12.7. The first-order chi connectivity index (χ1) is 14.0. The lowest BCUT2D eigenvalue weighted by Crippen LogP contribution is -2.13. The van der Waals surface area contributed by atoms with E-state index in [1.807, 2.05) is 6.92 Å². The number of anilines is 1. The zero-order valence-electron chi connectivity index (χ0n) is 16.5. The molecule has 1 heterocycles. The molecule has 0 bridgehead atoms. The minimum Gasteiger partial charge on any atom is -0.497 e. The lowest BCUT2D eigenvalue weighted by atomic mass is 10.2. The van der Waals surface area contributed by atoms with E-state index in [9.17, 15) is 9.59 Å². The maximum Gasteiger partial charge on any atom is 0.338 e. The molecule has 0 unspecified atom stereocenters. The number of carbonyl (C=O) groups excluding carboxylic acids is 2. The van der Waals surface area contributed by atoms with E-state index in [1.165, 1.54) is 18.4 Å². The number of thiazole rings is 1. The Balaban J connectivity index is 1.77. The van der Waals surface area contributed by atoms with Crippen LogP contribution in [0.1, 0.15) is 40.5 Å². The molecule has 0 saturated carbocycles. The van der Waals surface area contributed by atoms with E-state index in [1.54, 1.807) is 43.5 Å². The van der Waals surface area contributed by atoms with Crippen molar-refractivity contribution in [1.82, 2.24) is 4.98 Å². The largest absolute Gasteiger partial charge is 0.497 e. The minimum atomic E-state index is -0.359. The van der Waals surface area contributed by atoms with Gasteiger partial charge in [-0.2, -0.15) is 0 Å². The van der Waals surface area contributed by atoms with Gasteiger partial charge in [-0.1, -0.05) is 24.7 Å². The summed E-state index contributed by atoms with van der Waals surface area (Å²) in [5.41, 5.74) is 1.52. The Hall–Kier alpha value is -3.13. The summed E-state index contributed by atoms with van der Waals surface area (Å²) >= 11 is 1.28. The molecule has 29 heavy (non-hydrogen) atoms. The minimum absolute atomic E-state index is 0.345. The van der Waals surface area contributed by atoms with Crippen LogP contribution in [-0.2, 0) is 4.74 Å². The van der Waals surface area contributed by atoms with Crippen molar-refractivity contribution >= 4 is 38.6 Å². The zero-order valence-corrected chi connectivity index (χ0v) is 17.3. The van der Waals surface area contributed by atoms with Gasteiger partial charge in [0.25, 0.3) is 5.91 Å². The van der Waals surface area contributed by atoms with Gasteiger partial charge in [0.15, 0.2) is 5.13 Å². The fourth-order valence-electron chi connectivity index (χ4n) is 2.65. The molecule has 0 atom stereocenters. The van der Waals surface area contributed by atoms with Crippen LogP contribution < -0.4 is 14.8 Å². The van der Waals surface area contributed by atoms with Crippen LogP contribution in [0, 0.1) is 0 Å². The Kier molecular flexibility index (Phi) is 6.66. The standard InChI is InChI=1S/C21H22N2O5S/c1-4-5-10-28-20(25)13-6-9-16-18(11-13)29-21(22-16)23-19(24)15-8-7-14(26-2)12-17(15)27-3/h6-9,11-12H,4-5,10H2,1-3H3,(H,22,23,24). The molecule has 2 aromatic carbocycles. The molecule has 0 aliphatic heterocycles. The van der Waals surface area contributed by atoms with Gasteiger partial charge in [-0.25, -0.2) is 9.78 Å². The smallest absolute Gasteiger partial charge is 0.338 e. The number of unbranched alkanes of at least 4 members (excludes halogenated alkanes) is 1. The summed E-state index contributed by atoms with van der Waals surface area (Å²) < 4.78 is 16.5. The normalized spacial score (nSPS) is 10.6. The van der Waals surface area contributed by atoms with Crippen molar-refractivity contribution in [3.63, 3.8) is 0 Å². The molecule has 0 aliphatic carbocycles. The van der Waals surface area contributed by atoms with E-state index in [0.29, 0.717) is 39.9 Å². The molecule has 3 aromatic rings. The highest BCUT2D eigenvalue weighted by atomic mass is 32.1. The van der Waals surface area contributed by atoms with Crippen LogP contribution in [0.15, 0.2) is 36.4 Å². The molecule has 1 N–H and O–H groups in total. The Morgan fingerprint density at radius 2 is 1.93 bits per heavy atom. The highest BCUT2D eigenvalue weighted by Crippen LogP contribution is 2.29. The van der Waals surface area contributed by atoms with Gasteiger partial charge < -0.3 is 14.2 Å². The van der Waals surface area contributed by atoms with Crippen molar-refractivity contribution in [3.05, 3.63) is 47.5 Å². The molecule has 0 fully saturated rings. The molecule has 7 nitrogen and oxygen atoms in total. The molecule has 1 aromatic heterocycles. The number of hydrogen-bond donors (Lipinski definition) is 1. The number of hydrogen-bond acceptors (Lipinski definition) is 7. The Labute approximate surface area is 172 Å². The number of methoxy groups -OCH3 is 2. The van der Waals surface area contributed by atoms with Gasteiger partial charge in [-0.05, 0) is 36.8 Å². The number of nitrogens with one attached hydrogen (secondary N) is 1. The lowest BCUT2D eigenvalue weighted by Gasteiger charge is -2.09. The number of amides is 1. The summed E-state index contributed by atoms with van der Waals surface area (Å²) in [6.07, 6.45) is 1.79. The maximum absolute atomic E-state index is 12.7. The second-order valence-corrected chi connectivity index (χ2v) is 7.24. The van der Waals surface area contributed by atoms with Crippen molar-refractivity contribution in [2.24, 2.45) is 0 Å². The summed E-state index contributed by atoms with van der Waals surface area (Å²) in [6, 6.07) is 10.1. The molecule has 0 saturated heterocycles. The first-order valence-electron chi connectivity index (χ1n) is 9.16. The topological polar surface area (TPSA) is 86.8 Å². The number of rotatable bonds is 8. The number of esters is 1. The molecule has 0 spiro atoms. The van der Waals surface area contributed by atoms with Crippen LogP contribution in [0.25, 0.3) is 10.2 Å². The van der Waals surface area contributed by atoms with E-state index in [2.05, 4.69) is 10.3 Å². The van der Waals surface area contributed by atoms with E-state index >= 15 is 0 Å². The summed E-state index contributed by atoms with van der Waals surface area (Å²) in [6.45, 7) is 2.44. The van der Waals surface area contributed by atoms with Crippen molar-refractivity contribution < 1.29 is 23.8 Å². The molecule has 8 heteroatoms. The molecule has 152 valence electrons. The number of ether oxygens (including phenoxy) is 3. The molecule has 1 amide bonds. The third-order valence-electron chi connectivity index (χ3n) is 4.23. The summed E-state index contributed by atoms with van der Waals surface area (Å²) in [5.74, 6) is 0.293. The monoisotopic (exact) mass is 414 g/mol. The molecule has 3 rings (SSSR count). The lowest BCUT2D eigenvalue weighted by molar-refractivity contribution is 0.0500. The van der Waals surface area contributed by atoms with Crippen LogP contribution >= 0.6 is 11.3 Å². The van der Waals surface area contributed by atoms with Crippen molar-refractivity contribution in [2.75, 3.05) is 26.1 Å². The van der Waals surface area contributed by atoms with Gasteiger partial charge in [0.05, 0.1) is 42.2 Å². The molecular weight excluding hydrogens is 392 g/mol. The van der Waals surface area contributed by atoms with Crippen LogP contribution in [0.5, 0.6) is 11.5 Å². The van der Waals surface area contributed by atoms with Gasteiger partial charge in [0.2, 0.25) is 0 Å². The average Bonchev–Trinajstić information content (AvgIpc) is 3.14. The Bertz CT molecular complexity index is 1030. The molecular formula is C21H22N2O5S. The average molecular weight is 414 g/mol. The Morgan fingerprint density at radius 1 is 1.10 bits per heavy atom.